The van der Waals surface area contributed by atoms with Crippen molar-refractivity contribution in [3.8, 4) is 0 Å². The first kappa shape index (κ1) is 13.4. The van der Waals surface area contributed by atoms with Crippen molar-refractivity contribution in [2.45, 2.75) is 58.4 Å². The predicted molar refractivity (Wildman–Crippen MR) is 74.3 cm³/mol. The Kier molecular flexibility index (Phi) is 5.30. The SMILES string of the molecule is CCC1CCCN1CCC(C)C1CCCNC1. The Morgan fingerprint density at radius 2 is 2.18 bits per heavy atom. The van der Waals surface area contributed by atoms with E-state index in [-0.39, 0.29) is 0 Å². The van der Waals surface area contributed by atoms with Crippen LogP contribution in [0.1, 0.15) is 52.4 Å². The van der Waals surface area contributed by atoms with Crippen molar-refractivity contribution in [2.24, 2.45) is 11.8 Å². The van der Waals surface area contributed by atoms with Gasteiger partial charge in [-0.2, -0.15) is 0 Å². The van der Waals surface area contributed by atoms with Crippen molar-refractivity contribution >= 4 is 0 Å². The lowest BCUT2D eigenvalue weighted by Gasteiger charge is -2.31. The summed E-state index contributed by atoms with van der Waals surface area (Å²) in [6.45, 7) is 10.0. The molecule has 1 N–H and O–H groups in total. The molecule has 0 saturated carbocycles. The van der Waals surface area contributed by atoms with E-state index in [0.717, 1.165) is 17.9 Å². The summed E-state index contributed by atoms with van der Waals surface area (Å²) in [6.07, 6.45) is 8.46. The zero-order chi connectivity index (χ0) is 12.1. The molecule has 2 heteroatoms. The van der Waals surface area contributed by atoms with Crippen LogP contribution in [0.5, 0.6) is 0 Å². The second kappa shape index (κ2) is 6.75. The lowest BCUT2D eigenvalue weighted by atomic mass is 9.85. The Hall–Kier alpha value is -0.0800. The van der Waals surface area contributed by atoms with Gasteiger partial charge in [-0.1, -0.05) is 13.8 Å². The molecule has 2 fully saturated rings. The lowest BCUT2D eigenvalue weighted by molar-refractivity contribution is 0.199. The molecule has 0 aromatic carbocycles. The number of rotatable bonds is 5. The molecule has 0 radical (unpaired) electrons. The number of likely N-dealkylation sites (tertiary alicyclic amines) is 1. The fourth-order valence-electron chi connectivity index (χ4n) is 3.62. The summed E-state index contributed by atoms with van der Waals surface area (Å²) >= 11 is 0. The molecule has 0 aromatic rings. The van der Waals surface area contributed by atoms with E-state index in [1.54, 1.807) is 0 Å². The van der Waals surface area contributed by atoms with Crippen LogP contribution in [0.15, 0.2) is 0 Å². The smallest absolute Gasteiger partial charge is 0.00931 e. The molecule has 17 heavy (non-hydrogen) atoms. The van der Waals surface area contributed by atoms with Gasteiger partial charge in [-0.25, -0.2) is 0 Å². The van der Waals surface area contributed by atoms with E-state index in [9.17, 15) is 0 Å². The summed E-state index contributed by atoms with van der Waals surface area (Å²) in [5.41, 5.74) is 0. The van der Waals surface area contributed by atoms with Crippen molar-refractivity contribution in [2.75, 3.05) is 26.2 Å². The van der Waals surface area contributed by atoms with Gasteiger partial charge >= 0.3 is 0 Å². The van der Waals surface area contributed by atoms with E-state index < -0.39 is 0 Å². The molecule has 2 saturated heterocycles. The molecule has 2 aliphatic heterocycles. The summed E-state index contributed by atoms with van der Waals surface area (Å²) in [4.78, 5) is 2.74. The maximum absolute atomic E-state index is 3.55. The van der Waals surface area contributed by atoms with Gasteiger partial charge in [0, 0.05) is 6.04 Å². The molecule has 0 aliphatic carbocycles. The first-order valence-electron chi connectivity index (χ1n) is 7.76. The van der Waals surface area contributed by atoms with Crippen LogP contribution in [0.25, 0.3) is 0 Å². The maximum atomic E-state index is 3.55. The molecule has 3 atom stereocenters. The van der Waals surface area contributed by atoms with Crippen molar-refractivity contribution in [1.29, 1.82) is 0 Å². The number of hydrogen-bond acceptors (Lipinski definition) is 2. The minimum atomic E-state index is 0.895. The number of hydrogen-bond donors (Lipinski definition) is 1. The highest BCUT2D eigenvalue weighted by Gasteiger charge is 2.25. The predicted octanol–water partition coefficient (Wildman–Crippen LogP) is 2.89. The summed E-state index contributed by atoms with van der Waals surface area (Å²) in [5.74, 6) is 1.84. The van der Waals surface area contributed by atoms with Crippen LogP contribution in [0.4, 0.5) is 0 Å². The molecule has 0 amide bonds. The van der Waals surface area contributed by atoms with Crippen LogP contribution in [0.2, 0.25) is 0 Å². The molecular weight excluding hydrogens is 208 g/mol. The maximum Gasteiger partial charge on any atom is 0.00931 e. The Labute approximate surface area is 107 Å². The van der Waals surface area contributed by atoms with Crippen molar-refractivity contribution in [1.82, 2.24) is 10.2 Å². The fraction of sp³-hybridized carbons (Fsp3) is 1.00. The minimum Gasteiger partial charge on any atom is -0.316 e. The van der Waals surface area contributed by atoms with Crippen LogP contribution in [0, 0.1) is 11.8 Å². The molecule has 0 spiro atoms. The molecule has 3 unspecified atom stereocenters. The van der Waals surface area contributed by atoms with Crippen molar-refractivity contribution < 1.29 is 0 Å². The van der Waals surface area contributed by atoms with Gasteiger partial charge < -0.3 is 10.2 Å². The Morgan fingerprint density at radius 3 is 2.88 bits per heavy atom. The van der Waals surface area contributed by atoms with E-state index in [2.05, 4.69) is 24.1 Å². The molecular formula is C15H30N2. The van der Waals surface area contributed by atoms with Gasteiger partial charge in [0.2, 0.25) is 0 Å². The standard InChI is InChI=1S/C15H30N2/c1-3-15-7-5-10-17(15)11-8-13(2)14-6-4-9-16-12-14/h13-16H,3-12H2,1-2H3. The van der Waals surface area contributed by atoms with E-state index in [4.69, 9.17) is 0 Å². The van der Waals surface area contributed by atoms with Crippen molar-refractivity contribution in [3.63, 3.8) is 0 Å². The van der Waals surface area contributed by atoms with E-state index >= 15 is 0 Å². The normalized spacial score (nSPS) is 32.8. The van der Waals surface area contributed by atoms with Gasteiger partial charge in [-0.15, -0.1) is 0 Å². The average Bonchev–Trinajstić information content (AvgIpc) is 2.84. The summed E-state index contributed by atoms with van der Waals surface area (Å²) in [6, 6.07) is 0.895. The van der Waals surface area contributed by atoms with Crippen LogP contribution < -0.4 is 5.32 Å². The number of piperidine rings is 1. The van der Waals surface area contributed by atoms with Crippen LogP contribution in [0.3, 0.4) is 0 Å². The second-order valence-electron chi connectivity index (χ2n) is 6.11. The third kappa shape index (κ3) is 3.69. The summed E-state index contributed by atoms with van der Waals surface area (Å²) in [5, 5.41) is 3.55. The summed E-state index contributed by atoms with van der Waals surface area (Å²) < 4.78 is 0. The Morgan fingerprint density at radius 1 is 1.29 bits per heavy atom. The van der Waals surface area contributed by atoms with Gasteiger partial charge in [-0.3, -0.25) is 0 Å². The second-order valence-corrected chi connectivity index (χ2v) is 6.11. The van der Waals surface area contributed by atoms with Crippen LogP contribution in [-0.4, -0.2) is 37.1 Å². The zero-order valence-electron chi connectivity index (χ0n) is 11.8. The first-order valence-corrected chi connectivity index (χ1v) is 7.76. The highest BCUT2D eigenvalue weighted by Crippen LogP contribution is 2.25. The van der Waals surface area contributed by atoms with E-state index in [0.29, 0.717) is 0 Å². The number of nitrogens with zero attached hydrogens (tertiary/aromatic N) is 1. The van der Waals surface area contributed by atoms with Crippen LogP contribution in [-0.2, 0) is 0 Å². The first-order chi connectivity index (χ1) is 8.31. The molecule has 2 aliphatic rings. The third-order valence-electron chi connectivity index (χ3n) is 4.98. The Balaban J connectivity index is 1.69. The Bertz CT molecular complexity index is 211. The lowest BCUT2D eigenvalue weighted by Crippen LogP contribution is -2.36. The molecule has 2 rings (SSSR count). The van der Waals surface area contributed by atoms with Crippen LogP contribution >= 0.6 is 0 Å². The molecule has 2 nitrogen and oxygen atoms in total. The molecule has 100 valence electrons. The summed E-state index contributed by atoms with van der Waals surface area (Å²) in [7, 11) is 0. The largest absolute Gasteiger partial charge is 0.316 e. The fourth-order valence-corrected chi connectivity index (χ4v) is 3.62. The highest BCUT2D eigenvalue weighted by atomic mass is 15.2. The monoisotopic (exact) mass is 238 g/mol. The number of nitrogens with one attached hydrogen (secondary N) is 1. The minimum absolute atomic E-state index is 0.895. The molecule has 2 heterocycles. The molecule has 0 aromatic heterocycles. The van der Waals surface area contributed by atoms with E-state index in [1.165, 1.54) is 64.7 Å². The third-order valence-corrected chi connectivity index (χ3v) is 4.98. The van der Waals surface area contributed by atoms with Crippen molar-refractivity contribution in [3.05, 3.63) is 0 Å². The molecule has 0 bridgehead atoms. The van der Waals surface area contributed by atoms with Gasteiger partial charge in [-0.05, 0) is 76.5 Å². The van der Waals surface area contributed by atoms with Gasteiger partial charge in [0.25, 0.3) is 0 Å². The van der Waals surface area contributed by atoms with Gasteiger partial charge in [0.15, 0.2) is 0 Å². The quantitative estimate of drug-likeness (QED) is 0.792. The zero-order valence-corrected chi connectivity index (χ0v) is 11.8. The topological polar surface area (TPSA) is 15.3 Å². The van der Waals surface area contributed by atoms with Gasteiger partial charge in [0.1, 0.15) is 0 Å². The van der Waals surface area contributed by atoms with Gasteiger partial charge in [0.05, 0.1) is 0 Å². The average molecular weight is 238 g/mol. The van der Waals surface area contributed by atoms with E-state index in [1.807, 2.05) is 0 Å². The highest BCUT2D eigenvalue weighted by molar-refractivity contribution is 4.80.